The minimum Gasteiger partial charge on any atom is -0.394 e. The van der Waals surface area contributed by atoms with Crippen molar-refractivity contribution in [3.8, 4) is 0 Å². The van der Waals surface area contributed by atoms with Gasteiger partial charge in [0.2, 0.25) is 0 Å². The van der Waals surface area contributed by atoms with Gasteiger partial charge < -0.3 is 14.2 Å². The Bertz CT molecular complexity index is 516. The van der Waals surface area contributed by atoms with Crippen molar-refractivity contribution >= 4 is 7.60 Å². The molecule has 0 aromatic heterocycles. The summed E-state index contributed by atoms with van der Waals surface area (Å²) in [6, 6.07) is 9.69. The monoisotopic (exact) mass is 343 g/mol. The molecule has 0 bridgehead atoms. The van der Waals surface area contributed by atoms with Crippen molar-refractivity contribution in [1.82, 2.24) is 5.06 Å². The number of hydrogen-bond donors (Lipinski definition) is 1. The Kier molecular flexibility index (Phi) is 6.77. The fraction of sp³-hybridized carbons (Fsp3) is 0.625. The van der Waals surface area contributed by atoms with Crippen molar-refractivity contribution in [2.75, 3.05) is 19.8 Å². The van der Waals surface area contributed by atoms with Crippen LogP contribution in [0.4, 0.5) is 0 Å². The van der Waals surface area contributed by atoms with Gasteiger partial charge in [-0.15, -0.1) is 0 Å². The van der Waals surface area contributed by atoms with E-state index in [4.69, 9.17) is 13.9 Å². The molecule has 1 aromatic carbocycles. The highest BCUT2D eigenvalue weighted by Crippen LogP contribution is 2.59. The van der Waals surface area contributed by atoms with E-state index in [0.717, 1.165) is 5.56 Å². The van der Waals surface area contributed by atoms with Crippen LogP contribution in [0.25, 0.3) is 0 Å². The summed E-state index contributed by atoms with van der Waals surface area (Å²) in [5, 5.41) is 11.1. The lowest BCUT2D eigenvalue weighted by Gasteiger charge is -2.32. The van der Waals surface area contributed by atoms with Gasteiger partial charge in [0.05, 0.1) is 25.9 Å². The summed E-state index contributed by atoms with van der Waals surface area (Å²) in [6.07, 6.45) is 0.00528. The Balaban J connectivity index is 2.29. The van der Waals surface area contributed by atoms with E-state index in [9.17, 15) is 9.67 Å². The molecule has 1 fully saturated rings. The second-order valence-electron chi connectivity index (χ2n) is 5.45. The van der Waals surface area contributed by atoms with Crippen LogP contribution in [-0.4, -0.2) is 41.9 Å². The van der Waals surface area contributed by atoms with E-state index in [1.165, 1.54) is 0 Å². The number of nitrogens with zero attached hydrogens (tertiary/aromatic N) is 1. The highest BCUT2D eigenvalue weighted by Gasteiger charge is 2.49. The van der Waals surface area contributed by atoms with Crippen LogP contribution in [0.3, 0.4) is 0 Å². The minimum atomic E-state index is -3.36. The summed E-state index contributed by atoms with van der Waals surface area (Å²) >= 11 is 0. The average Bonchev–Trinajstić information content (AvgIpc) is 3.00. The maximum Gasteiger partial charge on any atom is 0.350 e. The maximum absolute atomic E-state index is 13.2. The molecule has 0 saturated carbocycles. The van der Waals surface area contributed by atoms with E-state index < -0.39 is 19.5 Å². The first-order valence-corrected chi connectivity index (χ1v) is 9.66. The second-order valence-corrected chi connectivity index (χ2v) is 7.64. The highest BCUT2D eigenvalue weighted by atomic mass is 31.2. The molecule has 1 heterocycles. The van der Waals surface area contributed by atoms with Crippen molar-refractivity contribution in [2.24, 2.45) is 0 Å². The Morgan fingerprint density at radius 3 is 2.43 bits per heavy atom. The summed E-state index contributed by atoms with van der Waals surface area (Å²) in [4.78, 5) is 5.83. The van der Waals surface area contributed by atoms with Gasteiger partial charge in [0.15, 0.2) is 0 Å². The number of aliphatic hydroxyl groups excluding tert-OH is 1. The van der Waals surface area contributed by atoms with Gasteiger partial charge in [0.1, 0.15) is 11.9 Å². The molecule has 6 nitrogen and oxygen atoms in total. The summed E-state index contributed by atoms with van der Waals surface area (Å²) < 4.78 is 24.2. The zero-order chi connectivity index (χ0) is 16.9. The molecule has 1 aromatic rings. The standard InChI is InChI=1S/C16H26NO5P/c1-4-20-23(19,21-5-2)16-11-15(12-18)22-17(16)13(3)14-9-7-6-8-10-14/h6-10,13,15-16,18H,4-5,11-12H2,1-3H3/t13-,15+,16+/m0/s1. The lowest BCUT2D eigenvalue weighted by Crippen LogP contribution is -2.32. The molecule has 23 heavy (non-hydrogen) atoms. The first kappa shape index (κ1) is 18.6. The van der Waals surface area contributed by atoms with Gasteiger partial charge in [-0.3, -0.25) is 9.40 Å². The lowest BCUT2D eigenvalue weighted by atomic mass is 10.1. The van der Waals surface area contributed by atoms with Gasteiger partial charge in [0, 0.05) is 6.42 Å². The molecule has 0 aliphatic carbocycles. The van der Waals surface area contributed by atoms with Gasteiger partial charge in [-0.1, -0.05) is 30.3 Å². The molecular formula is C16H26NO5P. The van der Waals surface area contributed by atoms with Crippen LogP contribution in [0.2, 0.25) is 0 Å². The molecule has 3 atom stereocenters. The van der Waals surface area contributed by atoms with Crippen molar-refractivity contribution in [2.45, 2.75) is 45.1 Å². The third kappa shape index (κ3) is 4.21. The zero-order valence-electron chi connectivity index (χ0n) is 13.9. The first-order valence-electron chi connectivity index (χ1n) is 8.05. The van der Waals surface area contributed by atoms with E-state index in [-0.39, 0.29) is 12.6 Å². The highest BCUT2D eigenvalue weighted by molar-refractivity contribution is 7.54. The molecule has 1 N–H and O–H groups in total. The SMILES string of the molecule is CCOP(=O)(OCC)[C@@H]1C[C@H](CO)ON1[C@@H](C)c1ccccc1. The van der Waals surface area contributed by atoms with Gasteiger partial charge in [-0.25, -0.2) is 0 Å². The number of benzene rings is 1. The number of hydroxylamine groups is 2. The molecule has 2 rings (SSSR count). The van der Waals surface area contributed by atoms with E-state index in [0.29, 0.717) is 19.6 Å². The third-order valence-corrected chi connectivity index (χ3v) is 6.29. The Morgan fingerprint density at radius 1 is 1.30 bits per heavy atom. The topological polar surface area (TPSA) is 68.2 Å². The van der Waals surface area contributed by atoms with E-state index in [1.807, 2.05) is 37.3 Å². The maximum atomic E-state index is 13.2. The van der Waals surface area contributed by atoms with Crippen molar-refractivity contribution in [3.05, 3.63) is 35.9 Å². The second kappa shape index (κ2) is 8.38. The first-order chi connectivity index (χ1) is 11.1. The third-order valence-electron chi connectivity index (χ3n) is 3.89. The van der Waals surface area contributed by atoms with Crippen LogP contribution >= 0.6 is 7.60 Å². The molecule has 1 saturated heterocycles. The van der Waals surface area contributed by atoms with Gasteiger partial charge in [0.25, 0.3) is 0 Å². The molecule has 7 heteroatoms. The van der Waals surface area contributed by atoms with Crippen LogP contribution < -0.4 is 0 Å². The molecule has 0 amide bonds. The average molecular weight is 343 g/mol. The van der Waals surface area contributed by atoms with Crippen molar-refractivity contribution in [3.63, 3.8) is 0 Å². The number of rotatable bonds is 8. The van der Waals surface area contributed by atoms with Crippen molar-refractivity contribution < 1.29 is 23.6 Å². The summed E-state index contributed by atoms with van der Waals surface area (Å²) in [5.41, 5.74) is 1.04. The fourth-order valence-electron chi connectivity index (χ4n) is 2.80. The molecule has 130 valence electrons. The number of hydrogen-bond acceptors (Lipinski definition) is 6. The van der Waals surface area contributed by atoms with Crippen LogP contribution in [0, 0.1) is 0 Å². The number of aliphatic hydroxyl groups is 1. The summed E-state index contributed by atoms with van der Waals surface area (Å²) in [5.74, 6) is -0.533. The summed E-state index contributed by atoms with van der Waals surface area (Å²) in [6.45, 7) is 6.01. The molecule has 1 aliphatic rings. The van der Waals surface area contributed by atoms with E-state index in [2.05, 4.69) is 0 Å². The van der Waals surface area contributed by atoms with Crippen LogP contribution in [0.1, 0.15) is 38.8 Å². The molecule has 1 aliphatic heterocycles. The smallest absolute Gasteiger partial charge is 0.350 e. The Hall–Kier alpha value is -0.750. The summed E-state index contributed by atoms with van der Waals surface area (Å²) in [7, 11) is -3.36. The predicted molar refractivity (Wildman–Crippen MR) is 87.9 cm³/mol. The van der Waals surface area contributed by atoms with Crippen molar-refractivity contribution in [1.29, 1.82) is 0 Å². The van der Waals surface area contributed by atoms with Gasteiger partial charge >= 0.3 is 7.60 Å². The van der Waals surface area contributed by atoms with Gasteiger partial charge in [-0.2, -0.15) is 5.06 Å². The van der Waals surface area contributed by atoms with E-state index in [1.54, 1.807) is 18.9 Å². The van der Waals surface area contributed by atoms with Crippen LogP contribution in [0.15, 0.2) is 30.3 Å². The van der Waals surface area contributed by atoms with E-state index >= 15 is 0 Å². The van der Waals surface area contributed by atoms with Gasteiger partial charge in [-0.05, 0) is 26.3 Å². The molecule has 0 spiro atoms. The minimum absolute atomic E-state index is 0.132. The lowest BCUT2D eigenvalue weighted by molar-refractivity contribution is -0.186. The van der Waals surface area contributed by atoms with Crippen LogP contribution in [-0.2, 0) is 18.5 Å². The largest absolute Gasteiger partial charge is 0.394 e. The molecule has 0 radical (unpaired) electrons. The fourth-order valence-corrected chi connectivity index (χ4v) is 4.96. The predicted octanol–water partition coefficient (Wildman–Crippen LogP) is 3.34. The molecular weight excluding hydrogens is 317 g/mol. The molecule has 0 unspecified atom stereocenters. The quantitative estimate of drug-likeness (QED) is 0.730. The normalized spacial score (nSPS) is 24.0. The Morgan fingerprint density at radius 2 is 1.91 bits per heavy atom. The zero-order valence-corrected chi connectivity index (χ0v) is 14.8. The van der Waals surface area contributed by atoms with Crippen LogP contribution in [0.5, 0.6) is 0 Å². The Labute approximate surface area is 137 Å².